The number of ether oxygens (including phenoxy) is 2. The van der Waals surface area contributed by atoms with Crippen LogP contribution in [0.5, 0.6) is 0 Å². The number of hydrogen-bond donors (Lipinski definition) is 4. The van der Waals surface area contributed by atoms with Gasteiger partial charge in [0, 0.05) is 43.6 Å². The van der Waals surface area contributed by atoms with Crippen molar-refractivity contribution in [2.75, 3.05) is 43.0 Å². The number of rotatable bonds is 19. The first kappa shape index (κ1) is 33.1. The van der Waals surface area contributed by atoms with Crippen molar-refractivity contribution in [2.24, 2.45) is 0 Å². The van der Waals surface area contributed by atoms with E-state index in [0.717, 1.165) is 50.0 Å². The van der Waals surface area contributed by atoms with Crippen molar-refractivity contribution in [3.63, 3.8) is 0 Å². The van der Waals surface area contributed by atoms with E-state index in [1.165, 1.54) is 19.3 Å². The number of hydrogen-bond acceptors (Lipinski definition) is 7. The second kappa shape index (κ2) is 19.0. The molecule has 0 aromatic heterocycles. The molecule has 0 radical (unpaired) electrons. The number of amides is 1. The fourth-order valence-electron chi connectivity index (χ4n) is 4.62. The van der Waals surface area contributed by atoms with Gasteiger partial charge >= 0.3 is 0 Å². The van der Waals surface area contributed by atoms with Crippen LogP contribution < -0.4 is 10.2 Å². The van der Waals surface area contributed by atoms with Crippen LogP contribution in [0.25, 0.3) is 0 Å². The van der Waals surface area contributed by atoms with E-state index in [1.807, 2.05) is 24.3 Å². The molecule has 38 heavy (non-hydrogen) atoms. The number of anilines is 1. The molecule has 1 aliphatic rings. The molecule has 1 aromatic carbocycles. The Labute approximate surface area is 237 Å². The molecule has 8 nitrogen and oxygen atoms in total. The molecule has 0 saturated carbocycles. The molecule has 0 spiro atoms. The van der Waals surface area contributed by atoms with Crippen LogP contribution in [-0.4, -0.2) is 89.9 Å². The van der Waals surface area contributed by atoms with Gasteiger partial charge in [-0.2, -0.15) is 0 Å². The number of unbranched alkanes of at least 4 members (excludes halogenated alkanes) is 5. The standard InChI is InChI=1S/C28H46Cl2N2O6/c1-2-3-4-5-6-7-19-37-28-25(27(36)26(35)23(20-33)38-28)31-24(34)10-8-9-21-11-13-22(14-12-21)32(17-15-29)18-16-30/h11-14,23,25-28,33,35-36H,2-10,15-20H2,1H3,(H,31,34)/t23-,25-,26-,27-,28-/m1/s1. The van der Waals surface area contributed by atoms with E-state index in [1.54, 1.807) is 0 Å². The summed E-state index contributed by atoms with van der Waals surface area (Å²) in [6, 6.07) is 7.23. The third-order valence-electron chi connectivity index (χ3n) is 6.87. The Kier molecular flexibility index (Phi) is 16.6. The lowest BCUT2D eigenvalue weighted by Crippen LogP contribution is -2.64. The summed E-state index contributed by atoms with van der Waals surface area (Å²) < 4.78 is 11.6. The van der Waals surface area contributed by atoms with Crippen LogP contribution in [0.1, 0.15) is 63.9 Å². The first-order valence-corrected chi connectivity index (χ1v) is 15.0. The van der Waals surface area contributed by atoms with Crippen molar-refractivity contribution in [1.82, 2.24) is 5.32 Å². The highest BCUT2D eigenvalue weighted by Gasteiger charge is 2.45. The van der Waals surface area contributed by atoms with E-state index in [0.29, 0.717) is 24.8 Å². The van der Waals surface area contributed by atoms with Crippen LogP contribution >= 0.6 is 23.2 Å². The van der Waals surface area contributed by atoms with Crippen LogP contribution in [0, 0.1) is 0 Å². The Balaban J connectivity index is 1.84. The van der Waals surface area contributed by atoms with E-state index in [9.17, 15) is 20.1 Å². The third-order valence-corrected chi connectivity index (χ3v) is 7.21. The van der Waals surface area contributed by atoms with Crippen LogP contribution in [0.4, 0.5) is 5.69 Å². The maximum absolute atomic E-state index is 12.7. The van der Waals surface area contributed by atoms with Gasteiger partial charge < -0.3 is 35.0 Å². The Bertz CT molecular complexity index is 766. The molecule has 10 heteroatoms. The van der Waals surface area contributed by atoms with Crippen molar-refractivity contribution < 1.29 is 29.6 Å². The number of carbonyl (C=O) groups excluding carboxylic acids is 1. The summed E-state index contributed by atoms with van der Waals surface area (Å²) in [6.07, 6.45) is 3.62. The van der Waals surface area contributed by atoms with Gasteiger partial charge in [-0.15, -0.1) is 23.2 Å². The number of alkyl halides is 2. The maximum atomic E-state index is 12.7. The molecule has 4 N–H and O–H groups in total. The number of nitrogens with one attached hydrogen (secondary N) is 1. The highest BCUT2D eigenvalue weighted by Crippen LogP contribution is 2.23. The second-order valence-corrected chi connectivity index (χ2v) is 10.6. The zero-order valence-electron chi connectivity index (χ0n) is 22.6. The number of aryl methyl sites for hydroxylation is 1. The average molecular weight is 578 g/mol. The second-order valence-electron chi connectivity index (χ2n) is 9.82. The van der Waals surface area contributed by atoms with Gasteiger partial charge in [-0.05, 0) is 37.0 Å². The Morgan fingerprint density at radius 2 is 1.66 bits per heavy atom. The molecule has 0 unspecified atom stereocenters. The topological polar surface area (TPSA) is 111 Å². The molecule has 1 heterocycles. The first-order valence-electron chi connectivity index (χ1n) is 13.9. The summed E-state index contributed by atoms with van der Waals surface area (Å²) >= 11 is 11.8. The molecular formula is C28H46Cl2N2O6. The van der Waals surface area contributed by atoms with Gasteiger partial charge in [-0.3, -0.25) is 4.79 Å². The largest absolute Gasteiger partial charge is 0.394 e. The minimum absolute atomic E-state index is 0.249. The number of halogens is 2. The smallest absolute Gasteiger partial charge is 0.220 e. The van der Waals surface area contributed by atoms with Gasteiger partial charge in [0.1, 0.15) is 24.4 Å². The first-order chi connectivity index (χ1) is 18.4. The number of aliphatic hydroxyl groups excluding tert-OH is 3. The molecule has 1 aromatic rings. The summed E-state index contributed by atoms with van der Waals surface area (Å²) in [5.74, 6) is 0.793. The molecule has 1 amide bonds. The number of aliphatic hydroxyl groups is 3. The molecule has 218 valence electrons. The van der Waals surface area contributed by atoms with Crippen molar-refractivity contribution in [3.8, 4) is 0 Å². The predicted molar refractivity (Wildman–Crippen MR) is 152 cm³/mol. The Hall–Kier alpha value is -1.13. The molecule has 2 rings (SSSR count). The van der Waals surface area contributed by atoms with E-state index in [2.05, 4.69) is 17.1 Å². The van der Waals surface area contributed by atoms with Gasteiger partial charge in [0.25, 0.3) is 0 Å². The maximum Gasteiger partial charge on any atom is 0.220 e. The normalized spacial score (nSPS) is 23.4. The fraction of sp³-hybridized carbons (Fsp3) is 0.750. The monoisotopic (exact) mass is 576 g/mol. The highest BCUT2D eigenvalue weighted by molar-refractivity contribution is 6.18. The van der Waals surface area contributed by atoms with Gasteiger partial charge in [0.2, 0.25) is 5.91 Å². The summed E-state index contributed by atoms with van der Waals surface area (Å²) in [7, 11) is 0. The van der Waals surface area contributed by atoms with E-state index in [-0.39, 0.29) is 12.3 Å². The predicted octanol–water partition coefficient (Wildman–Crippen LogP) is 3.59. The number of carbonyl (C=O) groups is 1. The molecule has 5 atom stereocenters. The lowest BCUT2D eigenvalue weighted by molar-refractivity contribution is -0.270. The number of benzene rings is 1. The van der Waals surface area contributed by atoms with E-state index < -0.39 is 37.3 Å². The summed E-state index contributed by atoms with van der Waals surface area (Å²) in [5.41, 5.74) is 2.17. The Morgan fingerprint density at radius 3 is 2.29 bits per heavy atom. The van der Waals surface area contributed by atoms with Crippen molar-refractivity contribution >= 4 is 34.8 Å². The summed E-state index contributed by atoms with van der Waals surface area (Å²) in [5, 5.41) is 33.3. The van der Waals surface area contributed by atoms with Gasteiger partial charge in [-0.25, -0.2) is 0 Å². The minimum atomic E-state index is -1.32. The van der Waals surface area contributed by atoms with Crippen LogP contribution in [-0.2, 0) is 20.7 Å². The molecule has 1 aliphatic heterocycles. The fourth-order valence-corrected chi connectivity index (χ4v) is 5.03. The number of nitrogens with zero attached hydrogens (tertiary/aromatic N) is 1. The van der Waals surface area contributed by atoms with Crippen molar-refractivity contribution in [3.05, 3.63) is 29.8 Å². The van der Waals surface area contributed by atoms with E-state index in [4.69, 9.17) is 32.7 Å². The van der Waals surface area contributed by atoms with Gasteiger partial charge in [-0.1, -0.05) is 51.2 Å². The van der Waals surface area contributed by atoms with Crippen LogP contribution in [0.2, 0.25) is 0 Å². The van der Waals surface area contributed by atoms with E-state index >= 15 is 0 Å². The third kappa shape index (κ3) is 11.2. The zero-order valence-corrected chi connectivity index (χ0v) is 24.1. The molecule has 1 saturated heterocycles. The van der Waals surface area contributed by atoms with Crippen LogP contribution in [0.15, 0.2) is 24.3 Å². The SMILES string of the molecule is CCCCCCCCO[C@@H]1O[C@H](CO)[C@@H](O)[C@H](O)[C@H]1NC(=O)CCCc1ccc(N(CCCl)CCCl)cc1. The average Bonchev–Trinajstić information content (AvgIpc) is 2.92. The molecular weight excluding hydrogens is 531 g/mol. The summed E-state index contributed by atoms with van der Waals surface area (Å²) in [4.78, 5) is 14.9. The zero-order chi connectivity index (χ0) is 27.8. The molecule has 0 aliphatic carbocycles. The molecule has 0 bridgehead atoms. The Morgan fingerprint density at radius 1 is 1.00 bits per heavy atom. The highest BCUT2D eigenvalue weighted by atomic mass is 35.5. The van der Waals surface area contributed by atoms with Gasteiger partial charge in [0.15, 0.2) is 6.29 Å². The van der Waals surface area contributed by atoms with Gasteiger partial charge in [0.05, 0.1) is 6.61 Å². The quantitative estimate of drug-likeness (QED) is 0.147. The van der Waals surface area contributed by atoms with Crippen LogP contribution in [0.3, 0.4) is 0 Å². The molecule has 1 fully saturated rings. The minimum Gasteiger partial charge on any atom is -0.394 e. The lowest BCUT2D eigenvalue weighted by Gasteiger charge is -2.42. The lowest BCUT2D eigenvalue weighted by atomic mass is 9.96. The summed E-state index contributed by atoms with van der Waals surface area (Å²) in [6.45, 7) is 3.58. The van der Waals surface area contributed by atoms with Crippen molar-refractivity contribution in [2.45, 2.75) is 95.4 Å². The van der Waals surface area contributed by atoms with Crippen molar-refractivity contribution in [1.29, 1.82) is 0 Å².